The van der Waals surface area contributed by atoms with Crippen molar-refractivity contribution in [2.75, 3.05) is 0 Å². The maximum absolute atomic E-state index is 12.7. The molecular weight excluding hydrogens is 296 g/mol. The molecule has 2 aromatic carbocycles. The Balaban J connectivity index is 2.45. The van der Waals surface area contributed by atoms with Crippen molar-refractivity contribution < 1.29 is 4.79 Å². The molecule has 0 radical (unpaired) electrons. The lowest BCUT2D eigenvalue weighted by atomic mass is 9.69. The predicted octanol–water partition coefficient (Wildman–Crippen LogP) is 4.65. The van der Waals surface area contributed by atoms with Crippen molar-refractivity contribution in [1.82, 2.24) is 0 Å². The van der Waals surface area contributed by atoms with E-state index < -0.39 is 11.3 Å². The molecule has 0 aliphatic heterocycles. The highest BCUT2D eigenvalue weighted by Gasteiger charge is 2.40. The van der Waals surface area contributed by atoms with Crippen molar-refractivity contribution in [2.24, 2.45) is 5.41 Å². The van der Waals surface area contributed by atoms with Gasteiger partial charge in [-0.1, -0.05) is 66.7 Å². The molecule has 2 aromatic rings. The number of carbonyl (C=O) groups is 1. The van der Waals surface area contributed by atoms with Crippen molar-refractivity contribution in [3.63, 3.8) is 0 Å². The molecule has 0 amide bonds. The third-order valence-electron chi connectivity index (χ3n) is 4.15. The molecule has 1 unspecified atom stereocenters. The Labute approximate surface area is 142 Å². The summed E-state index contributed by atoms with van der Waals surface area (Å²) >= 11 is 0. The van der Waals surface area contributed by atoms with E-state index in [-0.39, 0.29) is 18.6 Å². The molecule has 0 fully saturated rings. The smallest absolute Gasteiger partial charge is 0.163 e. The lowest BCUT2D eigenvalue weighted by Crippen LogP contribution is -2.27. The van der Waals surface area contributed by atoms with Crippen LogP contribution in [0.1, 0.15) is 34.7 Å². The van der Waals surface area contributed by atoms with E-state index in [2.05, 4.69) is 18.7 Å². The lowest BCUT2D eigenvalue weighted by Gasteiger charge is -2.28. The van der Waals surface area contributed by atoms with Gasteiger partial charge >= 0.3 is 0 Å². The second-order valence-electron chi connectivity index (χ2n) is 5.64. The fraction of sp³-hybridized carbons (Fsp3) is 0.190. The summed E-state index contributed by atoms with van der Waals surface area (Å²) in [6.07, 6.45) is 1.87. The number of carbonyl (C=O) groups excluding carboxylic acids is 1. The van der Waals surface area contributed by atoms with Gasteiger partial charge in [0.25, 0.3) is 0 Å². The van der Waals surface area contributed by atoms with Crippen LogP contribution in [-0.2, 0) is 0 Å². The van der Waals surface area contributed by atoms with Crippen LogP contribution < -0.4 is 0 Å². The van der Waals surface area contributed by atoms with Crippen LogP contribution >= 0.6 is 0 Å². The molecule has 24 heavy (non-hydrogen) atoms. The zero-order valence-corrected chi connectivity index (χ0v) is 13.4. The molecule has 0 saturated heterocycles. The standard InChI is InChI=1S/C21H18N2O/c1-2-13-21(15-22,16-23)19(17-9-5-3-6-10-17)14-20(24)18-11-7-4-8-12-18/h2-12,19H,1,13-14H2. The van der Waals surface area contributed by atoms with Crippen molar-refractivity contribution in [1.29, 1.82) is 10.5 Å². The van der Waals surface area contributed by atoms with Crippen LogP contribution in [0.4, 0.5) is 0 Å². The molecule has 1 atom stereocenters. The molecule has 0 saturated carbocycles. The summed E-state index contributed by atoms with van der Waals surface area (Å²) in [5.41, 5.74) is 0.0848. The summed E-state index contributed by atoms with van der Waals surface area (Å²) in [6.45, 7) is 3.67. The Bertz CT molecular complexity index is 768. The first kappa shape index (κ1) is 17.2. The number of Topliss-reactive ketones (excluding diaryl/α,β-unsaturated/α-hetero) is 1. The summed E-state index contributed by atoms with van der Waals surface area (Å²) in [5.74, 6) is -0.595. The van der Waals surface area contributed by atoms with Crippen LogP contribution in [0.3, 0.4) is 0 Å². The van der Waals surface area contributed by atoms with Crippen LogP contribution in [0.15, 0.2) is 73.3 Å². The van der Waals surface area contributed by atoms with Gasteiger partial charge in [-0.05, 0) is 12.0 Å². The molecule has 0 aliphatic carbocycles. The average molecular weight is 314 g/mol. The topological polar surface area (TPSA) is 64.7 Å². The van der Waals surface area contributed by atoms with Crippen LogP contribution in [-0.4, -0.2) is 5.78 Å². The number of hydrogen-bond donors (Lipinski definition) is 0. The van der Waals surface area contributed by atoms with Gasteiger partial charge in [0.2, 0.25) is 0 Å². The number of benzene rings is 2. The Morgan fingerprint density at radius 2 is 1.58 bits per heavy atom. The molecule has 3 nitrogen and oxygen atoms in total. The van der Waals surface area contributed by atoms with E-state index in [0.717, 1.165) is 5.56 Å². The summed E-state index contributed by atoms with van der Waals surface area (Å²) in [7, 11) is 0. The minimum absolute atomic E-state index is 0.0802. The van der Waals surface area contributed by atoms with Gasteiger partial charge in [0.15, 0.2) is 11.2 Å². The highest BCUT2D eigenvalue weighted by Crippen LogP contribution is 2.41. The molecule has 0 spiro atoms. The summed E-state index contributed by atoms with van der Waals surface area (Å²) in [5, 5.41) is 19.4. The van der Waals surface area contributed by atoms with Gasteiger partial charge in [-0.2, -0.15) is 10.5 Å². The first-order valence-corrected chi connectivity index (χ1v) is 7.73. The average Bonchev–Trinajstić information content (AvgIpc) is 2.66. The van der Waals surface area contributed by atoms with Crippen LogP contribution in [0.25, 0.3) is 0 Å². The third-order valence-corrected chi connectivity index (χ3v) is 4.15. The molecular formula is C21H18N2O. The largest absolute Gasteiger partial charge is 0.294 e. The van der Waals surface area contributed by atoms with Crippen molar-refractivity contribution in [3.05, 3.63) is 84.4 Å². The van der Waals surface area contributed by atoms with Crippen LogP contribution in [0.5, 0.6) is 0 Å². The molecule has 0 heterocycles. The summed E-state index contributed by atoms with van der Waals surface area (Å²) in [4.78, 5) is 12.7. The Hall–Kier alpha value is -3.17. The van der Waals surface area contributed by atoms with E-state index in [1.54, 1.807) is 30.3 Å². The van der Waals surface area contributed by atoms with Gasteiger partial charge in [0.1, 0.15) is 0 Å². The van der Waals surface area contributed by atoms with E-state index in [1.165, 1.54) is 0 Å². The zero-order chi connectivity index (χ0) is 17.4. The molecule has 0 N–H and O–H groups in total. The monoisotopic (exact) mass is 314 g/mol. The first-order valence-electron chi connectivity index (χ1n) is 7.73. The Kier molecular flexibility index (Phi) is 5.66. The van der Waals surface area contributed by atoms with E-state index >= 15 is 0 Å². The lowest BCUT2D eigenvalue weighted by molar-refractivity contribution is 0.0961. The Morgan fingerprint density at radius 1 is 1.04 bits per heavy atom. The van der Waals surface area contributed by atoms with E-state index in [9.17, 15) is 15.3 Å². The van der Waals surface area contributed by atoms with Crippen LogP contribution in [0, 0.1) is 28.1 Å². The SMILES string of the molecule is C=CCC(C#N)(C#N)C(CC(=O)c1ccccc1)c1ccccc1. The van der Waals surface area contributed by atoms with Gasteiger partial charge in [-0.3, -0.25) is 4.79 Å². The van der Waals surface area contributed by atoms with E-state index in [1.807, 2.05) is 36.4 Å². The number of nitriles is 2. The van der Waals surface area contributed by atoms with Gasteiger partial charge in [0, 0.05) is 17.9 Å². The summed E-state index contributed by atoms with van der Waals surface area (Å²) in [6, 6.07) is 22.5. The van der Waals surface area contributed by atoms with Gasteiger partial charge < -0.3 is 0 Å². The minimum atomic E-state index is -1.31. The molecule has 2 rings (SSSR count). The van der Waals surface area contributed by atoms with Crippen molar-refractivity contribution in [2.45, 2.75) is 18.8 Å². The molecule has 0 aromatic heterocycles. The number of allylic oxidation sites excluding steroid dienone is 1. The number of nitrogens with zero attached hydrogens (tertiary/aromatic N) is 2. The maximum atomic E-state index is 12.7. The van der Waals surface area contributed by atoms with Crippen LogP contribution in [0.2, 0.25) is 0 Å². The van der Waals surface area contributed by atoms with Gasteiger partial charge in [0.05, 0.1) is 12.1 Å². The van der Waals surface area contributed by atoms with E-state index in [4.69, 9.17) is 0 Å². The fourth-order valence-electron chi connectivity index (χ4n) is 2.83. The highest BCUT2D eigenvalue weighted by molar-refractivity contribution is 5.96. The van der Waals surface area contributed by atoms with Gasteiger partial charge in [-0.25, -0.2) is 0 Å². The fourth-order valence-corrected chi connectivity index (χ4v) is 2.83. The number of rotatable bonds is 7. The molecule has 118 valence electrons. The molecule has 3 heteroatoms. The number of ketones is 1. The normalized spacial score (nSPS) is 11.8. The second-order valence-corrected chi connectivity index (χ2v) is 5.64. The van der Waals surface area contributed by atoms with Gasteiger partial charge in [-0.15, -0.1) is 6.58 Å². The maximum Gasteiger partial charge on any atom is 0.163 e. The quantitative estimate of drug-likeness (QED) is 0.552. The molecule has 0 aliphatic rings. The predicted molar refractivity (Wildman–Crippen MR) is 93.0 cm³/mol. The van der Waals surface area contributed by atoms with E-state index in [0.29, 0.717) is 5.56 Å². The van der Waals surface area contributed by atoms with Crippen molar-refractivity contribution >= 4 is 5.78 Å². The first-order chi connectivity index (χ1) is 11.7. The second kappa shape index (κ2) is 7.90. The summed E-state index contributed by atoms with van der Waals surface area (Å²) < 4.78 is 0. The molecule has 0 bridgehead atoms. The third kappa shape index (κ3) is 3.59. The highest BCUT2D eigenvalue weighted by atomic mass is 16.1. The van der Waals surface area contributed by atoms with Crippen molar-refractivity contribution in [3.8, 4) is 12.1 Å². The minimum Gasteiger partial charge on any atom is -0.294 e. The number of hydrogen-bond acceptors (Lipinski definition) is 3. The Morgan fingerprint density at radius 3 is 2.08 bits per heavy atom. The zero-order valence-electron chi connectivity index (χ0n) is 13.4.